The maximum atomic E-state index is 11.3. The standard InChI is InChI=1S/C10H8BrClN4O/c11-8-9(14-4-15-10(8)17)16-7-3-5(13)1-2-6(7)12/h1-4H,13H2,(H2,14,15,16,17). The maximum Gasteiger partial charge on any atom is 0.267 e. The number of aromatic amines is 1. The van der Waals surface area contributed by atoms with E-state index in [1.54, 1.807) is 18.2 Å². The summed E-state index contributed by atoms with van der Waals surface area (Å²) in [5.74, 6) is 0.376. The second-order valence-corrected chi connectivity index (χ2v) is 4.46. The van der Waals surface area contributed by atoms with Crippen LogP contribution in [0, 0.1) is 0 Å². The second kappa shape index (κ2) is 4.77. The summed E-state index contributed by atoms with van der Waals surface area (Å²) >= 11 is 9.13. The Morgan fingerprint density at radius 2 is 2.24 bits per heavy atom. The SMILES string of the molecule is Nc1ccc(Cl)c(Nc2nc[nH]c(=O)c2Br)c1. The summed E-state index contributed by atoms with van der Waals surface area (Å²) in [6, 6.07) is 5.02. The van der Waals surface area contributed by atoms with E-state index >= 15 is 0 Å². The summed E-state index contributed by atoms with van der Waals surface area (Å²) in [7, 11) is 0. The minimum atomic E-state index is -0.275. The number of nitrogens with one attached hydrogen (secondary N) is 2. The van der Waals surface area contributed by atoms with Crippen molar-refractivity contribution in [1.82, 2.24) is 9.97 Å². The largest absolute Gasteiger partial charge is 0.399 e. The molecule has 0 aliphatic carbocycles. The third-order valence-corrected chi connectivity index (χ3v) is 3.11. The van der Waals surface area contributed by atoms with E-state index < -0.39 is 0 Å². The highest BCUT2D eigenvalue weighted by atomic mass is 79.9. The van der Waals surface area contributed by atoms with E-state index in [-0.39, 0.29) is 5.56 Å². The van der Waals surface area contributed by atoms with Crippen LogP contribution in [0.4, 0.5) is 17.2 Å². The molecule has 88 valence electrons. The molecule has 0 saturated carbocycles. The number of anilines is 3. The number of hydrogen-bond donors (Lipinski definition) is 3. The molecule has 4 N–H and O–H groups in total. The van der Waals surface area contributed by atoms with E-state index in [4.69, 9.17) is 17.3 Å². The molecule has 0 unspecified atom stereocenters. The third kappa shape index (κ3) is 2.59. The summed E-state index contributed by atoms with van der Waals surface area (Å²) < 4.78 is 0.304. The van der Waals surface area contributed by atoms with Crippen LogP contribution >= 0.6 is 27.5 Å². The van der Waals surface area contributed by atoms with Crippen LogP contribution in [0.5, 0.6) is 0 Å². The van der Waals surface area contributed by atoms with Gasteiger partial charge >= 0.3 is 0 Å². The van der Waals surface area contributed by atoms with Crippen molar-refractivity contribution in [3.8, 4) is 0 Å². The van der Waals surface area contributed by atoms with Crippen LogP contribution in [0.15, 0.2) is 33.8 Å². The molecular formula is C10H8BrClN4O. The first-order chi connectivity index (χ1) is 8.08. The number of benzene rings is 1. The molecule has 0 saturated heterocycles. The Hall–Kier alpha value is -1.53. The Kier molecular flexibility index (Phi) is 3.35. The molecule has 17 heavy (non-hydrogen) atoms. The summed E-state index contributed by atoms with van der Waals surface area (Å²) in [5.41, 5.74) is 6.53. The predicted octanol–water partition coefficient (Wildman–Crippen LogP) is 2.51. The van der Waals surface area contributed by atoms with Gasteiger partial charge in [0.25, 0.3) is 5.56 Å². The van der Waals surface area contributed by atoms with Gasteiger partial charge in [0.05, 0.1) is 17.0 Å². The van der Waals surface area contributed by atoms with E-state index in [0.29, 0.717) is 26.7 Å². The van der Waals surface area contributed by atoms with Gasteiger partial charge < -0.3 is 16.0 Å². The smallest absolute Gasteiger partial charge is 0.267 e. The topological polar surface area (TPSA) is 83.8 Å². The highest BCUT2D eigenvalue weighted by Crippen LogP contribution is 2.28. The zero-order valence-corrected chi connectivity index (χ0v) is 10.8. The molecule has 2 rings (SSSR count). The van der Waals surface area contributed by atoms with Gasteiger partial charge in [0.1, 0.15) is 4.47 Å². The van der Waals surface area contributed by atoms with Gasteiger partial charge in [-0.25, -0.2) is 4.98 Å². The summed E-state index contributed by atoms with van der Waals surface area (Å²) in [5, 5.41) is 3.43. The Morgan fingerprint density at radius 3 is 3.00 bits per heavy atom. The van der Waals surface area contributed by atoms with Gasteiger partial charge in [0, 0.05) is 5.69 Å². The van der Waals surface area contributed by atoms with Crippen molar-refractivity contribution in [2.24, 2.45) is 0 Å². The van der Waals surface area contributed by atoms with Gasteiger partial charge in [-0.2, -0.15) is 0 Å². The van der Waals surface area contributed by atoms with Crippen molar-refractivity contribution >= 4 is 44.7 Å². The number of aromatic nitrogens is 2. The first kappa shape index (κ1) is 11.9. The molecule has 7 heteroatoms. The van der Waals surface area contributed by atoms with Crippen molar-refractivity contribution in [2.75, 3.05) is 11.1 Å². The monoisotopic (exact) mass is 314 g/mol. The quantitative estimate of drug-likeness (QED) is 0.744. The molecular weight excluding hydrogens is 307 g/mol. The zero-order chi connectivity index (χ0) is 12.4. The lowest BCUT2D eigenvalue weighted by molar-refractivity contribution is 1.10. The Morgan fingerprint density at radius 1 is 1.47 bits per heavy atom. The predicted molar refractivity (Wildman–Crippen MR) is 71.7 cm³/mol. The number of hydrogen-bond acceptors (Lipinski definition) is 4. The van der Waals surface area contributed by atoms with Gasteiger partial charge in [-0.1, -0.05) is 11.6 Å². The minimum absolute atomic E-state index is 0.275. The number of nitrogens with two attached hydrogens (primary N) is 1. The molecule has 0 radical (unpaired) electrons. The first-order valence-electron chi connectivity index (χ1n) is 4.63. The lowest BCUT2D eigenvalue weighted by Crippen LogP contribution is -2.10. The lowest BCUT2D eigenvalue weighted by atomic mass is 10.3. The van der Waals surface area contributed by atoms with E-state index in [1.807, 2.05) is 0 Å². The van der Waals surface area contributed by atoms with Gasteiger partial charge in [0.2, 0.25) is 0 Å². The van der Waals surface area contributed by atoms with Gasteiger partial charge in [-0.05, 0) is 34.1 Å². The molecule has 0 aliphatic heterocycles. The molecule has 0 fully saturated rings. The van der Waals surface area contributed by atoms with Gasteiger partial charge in [-0.15, -0.1) is 0 Å². The molecule has 1 aromatic heterocycles. The maximum absolute atomic E-state index is 11.3. The Labute approximate surface area is 110 Å². The molecule has 0 spiro atoms. The van der Waals surface area contributed by atoms with Crippen LogP contribution < -0.4 is 16.6 Å². The Bertz CT molecular complexity index is 613. The molecule has 1 aromatic carbocycles. The number of nitrogen functional groups attached to an aromatic ring is 1. The summed E-state index contributed by atoms with van der Waals surface area (Å²) in [6.45, 7) is 0. The highest BCUT2D eigenvalue weighted by Gasteiger charge is 2.07. The molecule has 0 bridgehead atoms. The molecule has 0 amide bonds. The van der Waals surface area contributed by atoms with Crippen molar-refractivity contribution < 1.29 is 0 Å². The summed E-state index contributed by atoms with van der Waals surface area (Å²) in [4.78, 5) is 17.8. The number of H-pyrrole nitrogens is 1. The van der Waals surface area contributed by atoms with E-state index in [1.165, 1.54) is 6.33 Å². The van der Waals surface area contributed by atoms with Crippen LogP contribution in [0.25, 0.3) is 0 Å². The highest BCUT2D eigenvalue weighted by molar-refractivity contribution is 9.10. The molecule has 0 atom stereocenters. The van der Waals surface area contributed by atoms with Gasteiger partial charge in [-0.3, -0.25) is 4.79 Å². The summed E-state index contributed by atoms with van der Waals surface area (Å²) in [6.07, 6.45) is 1.30. The third-order valence-electron chi connectivity index (χ3n) is 2.04. The number of nitrogens with zero attached hydrogens (tertiary/aromatic N) is 1. The van der Waals surface area contributed by atoms with Crippen LogP contribution in [0.2, 0.25) is 5.02 Å². The van der Waals surface area contributed by atoms with Crippen molar-refractivity contribution in [1.29, 1.82) is 0 Å². The average molecular weight is 316 g/mol. The fourth-order valence-electron chi connectivity index (χ4n) is 1.24. The number of halogens is 2. The molecule has 1 heterocycles. The molecule has 5 nitrogen and oxygen atoms in total. The first-order valence-corrected chi connectivity index (χ1v) is 5.80. The van der Waals surface area contributed by atoms with Crippen LogP contribution in [-0.2, 0) is 0 Å². The zero-order valence-electron chi connectivity index (χ0n) is 8.50. The van der Waals surface area contributed by atoms with E-state index in [2.05, 4.69) is 31.2 Å². The second-order valence-electron chi connectivity index (χ2n) is 3.26. The van der Waals surface area contributed by atoms with Crippen LogP contribution in [0.1, 0.15) is 0 Å². The fourth-order valence-corrected chi connectivity index (χ4v) is 1.72. The average Bonchev–Trinajstić information content (AvgIpc) is 2.30. The number of rotatable bonds is 2. The van der Waals surface area contributed by atoms with Crippen LogP contribution in [0.3, 0.4) is 0 Å². The van der Waals surface area contributed by atoms with Crippen molar-refractivity contribution in [3.05, 3.63) is 44.4 Å². The normalized spacial score (nSPS) is 10.2. The molecule has 2 aromatic rings. The van der Waals surface area contributed by atoms with Crippen molar-refractivity contribution in [3.63, 3.8) is 0 Å². The van der Waals surface area contributed by atoms with E-state index in [9.17, 15) is 4.79 Å². The lowest BCUT2D eigenvalue weighted by Gasteiger charge is -2.09. The van der Waals surface area contributed by atoms with Crippen LogP contribution in [-0.4, -0.2) is 9.97 Å². The van der Waals surface area contributed by atoms with Crippen molar-refractivity contribution in [2.45, 2.75) is 0 Å². The minimum Gasteiger partial charge on any atom is -0.399 e. The Balaban J connectivity index is 2.41. The van der Waals surface area contributed by atoms with Gasteiger partial charge in [0.15, 0.2) is 5.82 Å². The molecule has 0 aliphatic rings. The fraction of sp³-hybridized carbons (Fsp3) is 0. The van der Waals surface area contributed by atoms with E-state index in [0.717, 1.165) is 0 Å².